The average Bonchev–Trinajstić information content (AvgIpc) is 3.47. The van der Waals surface area contributed by atoms with Crippen molar-refractivity contribution in [3.05, 3.63) is 88.5 Å². The number of carbonyl (C=O) groups is 1. The fourth-order valence-electron chi connectivity index (χ4n) is 5.26. The summed E-state index contributed by atoms with van der Waals surface area (Å²) >= 11 is 0. The lowest BCUT2D eigenvalue weighted by Crippen LogP contribution is -2.44. The van der Waals surface area contributed by atoms with Gasteiger partial charge in [0.05, 0.1) is 25.5 Å². The van der Waals surface area contributed by atoms with Crippen molar-refractivity contribution in [2.45, 2.75) is 33.6 Å². The second-order valence-corrected chi connectivity index (χ2v) is 9.73. The van der Waals surface area contributed by atoms with Gasteiger partial charge < -0.3 is 14.4 Å². The van der Waals surface area contributed by atoms with Gasteiger partial charge in [-0.1, -0.05) is 53.2 Å². The predicted molar refractivity (Wildman–Crippen MR) is 155 cm³/mol. The van der Waals surface area contributed by atoms with Crippen LogP contribution in [-0.2, 0) is 17.6 Å². The molecule has 0 radical (unpaired) electrons. The summed E-state index contributed by atoms with van der Waals surface area (Å²) in [6.07, 6.45) is 4.31. The van der Waals surface area contributed by atoms with Gasteiger partial charge in [-0.15, -0.1) is 0 Å². The maximum atomic E-state index is 11.9. The highest BCUT2D eigenvalue weighted by Gasteiger charge is 2.34. The molecule has 3 aromatic carbocycles. The molecule has 0 saturated carbocycles. The van der Waals surface area contributed by atoms with Crippen molar-refractivity contribution in [1.29, 1.82) is 0 Å². The predicted octanol–water partition coefficient (Wildman–Crippen LogP) is 5.72. The second kappa shape index (κ2) is 11.4. The van der Waals surface area contributed by atoms with Gasteiger partial charge in [0.1, 0.15) is 12.4 Å². The number of ether oxygens (including phenoxy) is 2. The minimum atomic E-state index is -0.863. The Morgan fingerprint density at radius 2 is 1.72 bits per heavy atom. The number of amidine groups is 1. The van der Waals surface area contributed by atoms with E-state index in [1.165, 1.54) is 28.0 Å². The van der Waals surface area contributed by atoms with Crippen molar-refractivity contribution in [2.24, 2.45) is 4.99 Å². The van der Waals surface area contributed by atoms with Gasteiger partial charge in [-0.25, -0.2) is 10.0 Å². The van der Waals surface area contributed by atoms with Crippen molar-refractivity contribution in [2.75, 3.05) is 32.8 Å². The number of rotatable bonds is 11. The summed E-state index contributed by atoms with van der Waals surface area (Å²) in [6, 6.07) is 20.9. The first-order chi connectivity index (χ1) is 19.0. The maximum Gasteiger partial charge on any atom is 0.338 e. The van der Waals surface area contributed by atoms with Crippen LogP contribution < -0.4 is 14.1 Å². The molecule has 2 aliphatic rings. The Labute approximate surface area is 230 Å². The first-order valence-corrected chi connectivity index (χ1v) is 13.7. The van der Waals surface area contributed by atoms with Crippen LogP contribution in [0.25, 0.3) is 11.8 Å². The Morgan fingerprint density at radius 1 is 0.974 bits per heavy atom. The molecular formula is C32H36N3O4+. The van der Waals surface area contributed by atoms with Crippen LogP contribution >= 0.6 is 0 Å². The molecule has 3 aromatic rings. The molecule has 1 unspecified atom stereocenters. The molecule has 1 atom stereocenters. The average molecular weight is 527 g/mol. The van der Waals surface area contributed by atoms with Crippen LogP contribution in [0, 0.1) is 0 Å². The van der Waals surface area contributed by atoms with Crippen LogP contribution in [0.3, 0.4) is 0 Å². The van der Waals surface area contributed by atoms with E-state index in [9.17, 15) is 10.0 Å². The van der Waals surface area contributed by atoms with Crippen LogP contribution in [0.15, 0.2) is 65.7 Å². The highest BCUT2D eigenvalue weighted by atomic mass is 16.6. The summed E-state index contributed by atoms with van der Waals surface area (Å²) in [5.41, 5.74) is 7.32. The zero-order chi connectivity index (χ0) is 27.4. The molecular weight excluding hydrogens is 490 g/mol. The summed E-state index contributed by atoms with van der Waals surface area (Å²) < 4.78 is 10.8. The van der Waals surface area contributed by atoms with E-state index < -0.39 is 4.65 Å². The van der Waals surface area contributed by atoms with Gasteiger partial charge in [-0.3, -0.25) is 4.99 Å². The van der Waals surface area contributed by atoms with E-state index in [0.717, 1.165) is 37.3 Å². The van der Waals surface area contributed by atoms with E-state index in [0.29, 0.717) is 36.8 Å². The Kier molecular flexibility index (Phi) is 7.82. The number of quaternary nitrogens is 1. The Bertz CT molecular complexity index is 1410. The smallest absolute Gasteiger partial charge is 0.338 e. The molecule has 1 amide bonds. The molecule has 202 valence electrons. The van der Waals surface area contributed by atoms with Crippen molar-refractivity contribution in [3.63, 3.8) is 0 Å². The van der Waals surface area contributed by atoms with Crippen molar-refractivity contribution < 1.29 is 19.5 Å². The molecule has 0 aliphatic carbocycles. The Hall–Kier alpha value is -3.94. The first kappa shape index (κ1) is 26.7. The van der Waals surface area contributed by atoms with Gasteiger partial charge in [0, 0.05) is 18.2 Å². The zero-order valence-corrected chi connectivity index (χ0v) is 22.9. The van der Waals surface area contributed by atoms with Crippen molar-refractivity contribution >= 4 is 29.7 Å². The van der Waals surface area contributed by atoms with Crippen LogP contribution in [0.1, 0.15) is 48.6 Å². The standard InChI is InChI=1S/C32H36N3O4/c1-4-35(37,22-36)29-19-24(20-30(38-5-2)31(29)39-6-3)12-11-23-13-15-25(16-14-23)28-21-26-9-7-8-10-27(26)32-33-17-18-34(28)32/h7-10,13-16,19-22,37H,4-6,11-12,17-18H2,1-3H3/q+1. The monoisotopic (exact) mass is 526 g/mol. The molecule has 5 rings (SSSR count). The molecule has 1 N–H and O–H groups in total. The number of benzene rings is 3. The van der Waals surface area contributed by atoms with E-state index in [2.05, 4.69) is 59.5 Å². The SMILES string of the molecule is CCOc1cc(CCc2ccc(C3=Cc4ccccc4C4=NCCN34)cc2)cc([N+](O)(C=O)CC)c1OCC. The van der Waals surface area contributed by atoms with E-state index in [-0.39, 0.29) is 6.54 Å². The fourth-order valence-corrected chi connectivity index (χ4v) is 5.26. The van der Waals surface area contributed by atoms with Gasteiger partial charge in [0.2, 0.25) is 11.4 Å². The number of aliphatic imine (C=N–C) groups is 1. The summed E-state index contributed by atoms with van der Waals surface area (Å²) in [5.74, 6) is 2.02. The molecule has 2 heterocycles. The molecule has 0 fully saturated rings. The van der Waals surface area contributed by atoms with Crippen molar-refractivity contribution in [1.82, 2.24) is 9.55 Å². The third-order valence-corrected chi connectivity index (χ3v) is 7.33. The van der Waals surface area contributed by atoms with E-state index in [1.54, 1.807) is 6.92 Å². The zero-order valence-electron chi connectivity index (χ0n) is 22.9. The molecule has 7 nitrogen and oxygen atoms in total. The molecule has 0 bridgehead atoms. The van der Waals surface area contributed by atoms with Crippen molar-refractivity contribution in [3.8, 4) is 11.5 Å². The maximum absolute atomic E-state index is 11.9. The number of carbonyl (C=O) groups excluding carboxylic acids is 1. The number of aryl methyl sites for hydroxylation is 2. The summed E-state index contributed by atoms with van der Waals surface area (Å²) in [5, 5.41) is 11.0. The van der Waals surface area contributed by atoms with Crippen LogP contribution in [-0.4, -0.2) is 55.2 Å². The minimum absolute atomic E-state index is 0.184. The third-order valence-electron chi connectivity index (χ3n) is 7.33. The van der Waals surface area contributed by atoms with Gasteiger partial charge in [0.25, 0.3) is 0 Å². The fraction of sp³-hybridized carbons (Fsp3) is 0.312. The number of nitrogens with zero attached hydrogens (tertiary/aromatic N) is 3. The number of amides is 1. The summed E-state index contributed by atoms with van der Waals surface area (Å²) in [7, 11) is 0. The molecule has 0 aromatic heterocycles. The van der Waals surface area contributed by atoms with Crippen LogP contribution in [0.5, 0.6) is 11.5 Å². The van der Waals surface area contributed by atoms with Gasteiger partial charge in [0.15, 0.2) is 5.75 Å². The Morgan fingerprint density at radius 3 is 2.44 bits per heavy atom. The quantitative estimate of drug-likeness (QED) is 0.150. The normalized spacial score (nSPS) is 15.5. The number of fused-ring (bicyclic) bond motifs is 3. The summed E-state index contributed by atoms with van der Waals surface area (Å²) in [6.45, 7) is 8.27. The van der Waals surface area contributed by atoms with Gasteiger partial charge >= 0.3 is 6.41 Å². The van der Waals surface area contributed by atoms with Crippen LogP contribution in [0.4, 0.5) is 5.69 Å². The largest absolute Gasteiger partial charge is 0.490 e. The topological polar surface area (TPSA) is 71.4 Å². The van der Waals surface area contributed by atoms with Gasteiger partial charge in [-0.05, 0) is 68.0 Å². The number of hydrogen-bond acceptors (Lipinski definition) is 6. The third kappa shape index (κ3) is 5.20. The lowest BCUT2D eigenvalue weighted by molar-refractivity contribution is -0.145. The number of hydrogen-bond donors (Lipinski definition) is 1. The molecule has 2 aliphatic heterocycles. The number of hydroxylamine groups is 2. The molecule has 0 spiro atoms. The van der Waals surface area contributed by atoms with Gasteiger partial charge in [-0.2, -0.15) is 0 Å². The first-order valence-electron chi connectivity index (χ1n) is 13.7. The highest BCUT2D eigenvalue weighted by molar-refractivity contribution is 6.12. The lowest BCUT2D eigenvalue weighted by Gasteiger charge is -2.29. The lowest BCUT2D eigenvalue weighted by atomic mass is 9.96. The van der Waals surface area contributed by atoms with Crippen LogP contribution in [0.2, 0.25) is 0 Å². The van der Waals surface area contributed by atoms with E-state index in [1.807, 2.05) is 26.0 Å². The molecule has 7 heteroatoms. The Balaban J connectivity index is 1.39. The molecule has 0 saturated heterocycles. The molecule has 39 heavy (non-hydrogen) atoms. The highest BCUT2D eigenvalue weighted by Crippen LogP contribution is 2.42. The second-order valence-electron chi connectivity index (χ2n) is 9.73. The summed E-state index contributed by atoms with van der Waals surface area (Å²) in [4.78, 5) is 19.0. The van der Waals surface area contributed by atoms with E-state index in [4.69, 9.17) is 14.5 Å². The van der Waals surface area contributed by atoms with E-state index >= 15 is 0 Å². The minimum Gasteiger partial charge on any atom is -0.490 e.